The highest BCUT2D eigenvalue weighted by Crippen LogP contribution is 2.45. The van der Waals surface area contributed by atoms with Crippen molar-refractivity contribution in [2.24, 2.45) is 11.0 Å². The lowest BCUT2D eigenvalue weighted by molar-refractivity contribution is 0.0624. The number of hydrogen-bond donors (Lipinski definition) is 0. The summed E-state index contributed by atoms with van der Waals surface area (Å²) in [5, 5.41) is 6.25. The highest BCUT2D eigenvalue weighted by atomic mass is 16.3. The fraction of sp³-hybridized carbons (Fsp3) is 0.238. The Bertz CT molecular complexity index is 981. The SMILES string of the molecule is O=C(c1ccco1)N1N=C2/C(=C\c3ccco3)CCCC2C1c1ccco1. The first-order valence-electron chi connectivity index (χ1n) is 9.04. The molecule has 4 heterocycles. The normalized spacial score (nSPS) is 23.5. The number of carbonyl (C=O) groups is 1. The maximum absolute atomic E-state index is 13.0. The lowest BCUT2D eigenvalue weighted by Crippen LogP contribution is -2.31. The Morgan fingerprint density at radius 2 is 1.89 bits per heavy atom. The molecule has 0 spiro atoms. The van der Waals surface area contributed by atoms with E-state index in [1.165, 1.54) is 11.3 Å². The molecule has 6 heteroatoms. The van der Waals surface area contributed by atoms with Crippen LogP contribution in [0.2, 0.25) is 0 Å². The third-order valence-electron chi connectivity index (χ3n) is 5.14. The maximum atomic E-state index is 13.0. The second-order valence-corrected chi connectivity index (χ2v) is 6.76. The van der Waals surface area contributed by atoms with E-state index in [-0.39, 0.29) is 23.6 Å². The summed E-state index contributed by atoms with van der Waals surface area (Å²) in [6.07, 6.45) is 9.67. The zero-order valence-corrected chi connectivity index (χ0v) is 14.6. The van der Waals surface area contributed by atoms with Gasteiger partial charge in [0.05, 0.1) is 24.5 Å². The van der Waals surface area contributed by atoms with Crippen molar-refractivity contribution in [3.05, 3.63) is 78.0 Å². The van der Waals surface area contributed by atoms with Crippen LogP contribution in [0.25, 0.3) is 6.08 Å². The number of nitrogens with zero attached hydrogens (tertiary/aromatic N) is 2. The number of hydrogen-bond acceptors (Lipinski definition) is 5. The molecule has 3 aromatic heterocycles. The van der Waals surface area contributed by atoms with Gasteiger partial charge in [0.25, 0.3) is 0 Å². The van der Waals surface area contributed by atoms with Gasteiger partial charge in [0.2, 0.25) is 0 Å². The van der Waals surface area contributed by atoms with Crippen molar-refractivity contribution in [1.29, 1.82) is 0 Å². The zero-order chi connectivity index (χ0) is 18.2. The van der Waals surface area contributed by atoms with Crippen molar-refractivity contribution < 1.29 is 18.0 Å². The van der Waals surface area contributed by atoms with Crippen LogP contribution in [-0.2, 0) is 0 Å². The van der Waals surface area contributed by atoms with Crippen LogP contribution in [0.3, 0.4) is 0 Å². The number of allylic oxidation sites excluding steroid dienone is 1. The molecule has 1 saturated carbocycles. The molecule has 0 radical (unpaired) electrons. The summed E-state index contributed by atoms with van der Waals surface area (Å²) < 4.78 is 16.5. The largest absolute Gasteiger partial charge is 0.467 e. The molecule has 0 saturated heterocycles. The van der Waals surface area contributed by atoms with Crippen molar-refractivity contribution >= 4 is 17.7 Å². The third kappa shape index (κ3) is 2.73. The molecule has 2 unspecified atom stereocenters. The quantitative estimate of drug-likeness (QED) is 0.664. The van der Waals surface area contributed by atoms with E-state index in [2.05, 4.69) is 0 Å². The molecule has 2 atom stereocenters. The van der Waals surface area contributed by atoms with E-state index < -0.39 is 0 Å². The molecule has 136 valence electrons. The van der Waals surface area contributed by atoms with Crippen LogP contribution in [0.15, 0.2) is 79.1 Å². The summed E-state index contributed by atoms with van der Waals surface area (Å²) in [5.41, 5.74) is 2.03. The van der Waals surface area contributed by atoms with E-state index in [0.717, 1.165) is 42.1 Å². The van der Waals surface area contributed by atoms with Crippen molar-refractivity contribution in [2.75, 3.05) is 0 Å². The Balaban J connectivity index is 1.57. The lowest BCUT2D eigenvalue weighted by atomic mass is 9.79. The van der Waals surface area contributed by atoms with Gasteiger partial charge in [-0.3, -0.25) is 4.79 Å². The minimum absolute atomic E-state index is 0.0880. The van der Waals surface area contributed by atoms with Crippen LogP contribution in [0.1, 0.15) is 47.4 Å². The highest BCUT2D eigenvalue weighted by Gasteiger charge is 2.45. The molecule has 0 bridgehead atoms. The van der Waals surface area contributed by atoms with Crippen molar-refractivity contribution in [3.63, 3.8) is 0 Å². The summed E-state index contributed by atoms with van der Waals surface area (Å²) in [5.74, 6) is 1.62. The van der Waals surface area contributed by atoms with E-state index in [0.29, 0.717) is 0 Å². The van der Waals surface area contributed by atoms with Gasteiger partial charge >= 0.3 is 5.91 Å². The van der Waals surface area contributed by atoms with Crippen molar-refractivity contribution in [1.82, 2.24) is 5.01 Å². The molecule has 2 aliphatic rings. The van der Waals surface area contributed by atoms with E-state index in [1.807, 2.05) is 30.3 Å². The molecule has 1 amide bonds. The van der Waals surface area contributed by atoms with E-state index in [4.69, 9.17) is 18.4 Å². The Hall–Kier alpha value is -3.28. The fourth-order valence-corrected chi connectivity index (χ4v) is 3.96. The number of carbonyl (C=O) groups excluding carboxylic acids is 1. The minimum atomic E-state index is -0.270. The second-order valence-electron chi connectivity index (χ2n) is 6.76. The number of rotatable bonds is 3. The molecule has 27 heavy (non-hydrogen) atoms. The van der Waals surface area contributed by atoms with Gasteiger partial charge < -0.3 is 13.3 Å². The van der Waals surface area contributed by atoms with Gasteiger partial charge in [-0.05, 0) is 67.3 Å². The van der Waals surface area contributed by atoms with E-state index in [9.17, 15) is 4.79 Å². The summed E-state index contributed by atoms with van der Waals surface area (Å²) >= 11 is 0. The Morgan fingerprint density at radius 3 is 2.63 bits per heavy atom. The smallest absolute Gasteiger partial charge is 0.310 e. The molecule has 6 nitrogen and oxygen atoms in total. The third-order valence-corrected chi connectivity index (χ3v) is 5.14. The molecular weight excluding hydrogens is 344 g/mol. The summed E-state index contributed by atoms with van der Waals surface area (Å²) in [6, 6.07) is 10.6. The highest BCUT2D eigenvalue weighted by molar-refractivity contribution is 6.08. The van der Waals surface area contributed by atoms with Crippen LogP contribution < -0.4 is 0 Å². The number of hydrazone groups is 1. The Labute approximate surface area is 155 Å². The van der Waals surface area contributed by atoms with Crippen LogP contribution >= 0.6 is 0 Å². The minimum Gasteiger partial charge on any atom is -0.467 e. The fourth-order valence-electron chi connectivity index (χ4n) is 3.96. The van der Waals surface area contributed by atoms with Gasteiger partial charge in [0, 0.05) is 5.92 Å². The first-order chi connectivity index (χ1) is 13.3. The lowest BCUT2D eigenvalue weighted by Gasteiger charge is -2.27. The monoisotopic (exact) mass is 362 g/mol. The van der Waals surface area contributed by atoms with Gasteiger partial charge in [-0.15, -0.1) is 0 Å². The molecule has 3 aromatic rings. The Morgan fingerprint density at radius 1 is 1.07 bits per heavy atom. The molecule has 0 aromatic carbocycles. The first-order valence-corrected chi connectivity index (χ1v) is 9.04. The predicted molar refractivity (Wildman–Crippen MR) is 97.8 cm³/mol. The van der Waals surface area contributed by atoms with Gasteiger partial charge in [0.1, 0.15) is 17.6 Å². The molecule has 1 aliphatic carbocycles. The number of fused-ring (bicyclic) bond motifs is 1. The van der Waals surface area contributed by atoms with Crippen molar-refractivity contribution in [3.8, 4) is 0 Å². The molecular formula is C21H18N2O4. The topological polar surface area (TPSA) is 72.1 Å². The summed E-state index contributed by atoms with van der Waals surface area (Å²) in [4.78, 5) is 13.0. The Kier molecular flexibility index (Phi) is 3.81. The second kappa shape index (κ2) is 6.46. The van der Waals surface area contributed by atoms with Gasteiger partial charge in [-0.25, -0.2) is 5.01 Å². The predicted octanol–water partition coefficient (Wildman–Crippen LogP) is 4.90. The van der Waals surface area contributed by atoms with Gasteiger partial charge in [0.15, 0.2) is 5.76 Å². The number of amides is 1. The average Bonchev–Trinajstić information content (AvgIpc) is 3.48. The average molecular weight is 362 g/mol. The zero-order valence-electron chi connectivity index (χ0n) is 14.6. The van der Waals surface area contributed by atoms with Gasteiger partial charge in [-0.1, -0.05) is 0 Å². The van der Waals surface area contributed by atoms with Crippen LogP contribution in [0, 0.1) is 5.92 Å². The van der Waals surface area contributed by atoms with E-state index >= 15 is 0 Å². The van der Waals surface area contributed by atoms with Crippen LogP contribution in [0.4, 0.5) is 0 Å². The standard InChI is InChI=1S/C21H18N2O4/c24-21(18-9-4-12-27-18)23-20(17-8-3-11-26-17)16-7-1-5-14(19(16)22-23)13-15-6-2-10-25-15/h2-4,6,8-13,16,20H,1,5,7H2/b14-13-. The maximum Gasteiger partial charge on any atom is 0.310 e. The molecule has 1 fully saturated rings. The molecule has 0 N–H and O–H groups in total. The molecule has 5 rings (SSSR count). The van der Waals surface area contributed by atoms with Crippen molar-refractivity contribution in [2.45, 2.75) is 25.3 Å². The van der Waals surface area contributed by atoms with Crippen LogP contribution in [-0.4, -0.2) is 16.6 Å². The summed E-state index contributed by atoms with van der Waals surface area (Å²) in [7, 11) is 0. The first kappa shape index (κ1) is 15.9. The van der Waals surface area contributed by atoms with Crippen LogP contribution in [0.5, 0.6) is 0 Å². The summed E-state index contributed by atoms with van der Waals surface area (Å²) in [6.45, 7) is 0. The molecule has 1 aliphatic heterocycles. The number of furan rings is 3. The van der Waals surface area contributed by atoms with Gasteiger partial charge in [-0.2, -0.15) is 5.10 Å². The van der Waals surface area contributed by atoms with E-state index in [1.54, 1.807) is 24.7 Å².